The maximum Gasteiger partial charge on any atom is 0.256 e. The second-order valence-electron chi connectivity index (χ2n) is 6.10. The molecule has 3 heterocycles. The van der Waals surface area contributed by atoms with Gasteiger partial charge in [0, 0.05) is 51.3 Å². The van der Waals surface area contributed by atoms with Gasteiger partial charge in [-0.2, -0.15) is 0 Å². The third-order valence-electron chi connectivity index (χ3n) is 4.63. The number of carbonyl (C=O) groups excluding carboxylic acids is 1. The van der Waals surface area contributed by atoms with E-state index in [0.29, 0.717) is 18.1 Å². The smallest absolute Gasteiger partial charge is 0.256 e. The minimum Gasteiger partial charge on any atom is -0.383 e. The van der Waals surface area contributed by atoms with Crippen molar-refractivity contribution in [3.05, 3.63) is 42.1 Å². The number of aromatic nitrogens is 3. The van der Waals surface area contributed by atoms with Gasteiger partial charge in [0.05, 0.1) is 12.2 Å². The first kappa shape index (κ1) is 17.9. The number of amides is 1. The van der Waals surface area contributed by atoms with Gasteiger partial charge in [-0.15, -0.1) is 11.8 Å². The summed E-state index contributed by atoms with van der Waals surface area (Å²) in [6, 6.07) is 3.69. The molecule has 0 radical (unpaired) electrons. The summed E-state index contributed by atoms with van der Waals surface area (Å²) < 4.78 is 7.33. The Kier molecular flexibility index (Phi) is 6.09. The molecule has 1 aliphatic heterocycles. The summed E-state index contributed by atoms with van der Waals surface area (Å²) in [5.41, 5.74) is 0.704. The fourth-order valence-electron chi connectivity index (χ4n) is 3.29. The highest BCUT2D eigenvalue weighted by Gasteiger charge is 2.28. The Morgan fingerprint density at radius 2 is 2.12 bits per heavy atom. The monoisotopic (exact) mass is 360 g/mol. The van der Waals surface area contributed by atoms with Gasteiger partial charge < -0.3 is 14.2 Å². The Morgan fingerprint density at radius 1 is 1.32 bits per heavy atom. The van der Waals surface area contributed by atoms with Gasteiger partial charge in [-0.1, -0.05) is 0 Å². The van der Waals surface area contributed by atoms with Crippen molar-refractivity contribution in [2.24, 2.45) is 0 Å². The second-order valence-corrected chi connectivity index (χ2v) is 6.89. The SMILES string of the molecule is COCCn1ccnc1C1CCN(C(=O)c2cccnc2SC)CC1. The molecule has 134 valence electrons. The molecule has 0 bridgehead atoms. The zero-order chi connectivity index (χ0) is 17.6. The number of thioether (sulfide) groups is 1. The molecule has 0 aliphatic carbocycles. The standard InChI is InChI=1S/C18H24N4O2S/c1-24-13-12-21-11-8-19-16(21)14-5-9-22(10-6-14)18(23)15-4-3-7-20-17(15)25-2/h3-4,7-8,11,14H,5-6,9-10,12-13H2,1-2H3. The first-order chi connectivity index (χ1) is 12.2. The highest BCUT2D eigenvalue weighted by Crippen LogP contribution is 2.28. The van der Waals surface area contributed by atoms with Gasteiger partial charge in [0.25, 0.3) is 5.91 Å². The molecule has 0 saturated carbocycles. The summed E-state index contributed by atoms with van der Waals surface area (Å²) in [6.07, 6.45) is 9.41. The van der Waals surface area contributed by atoms with Gasteiger partial charge in [-0.25, -0.2) is 9.97 Å². The number of methoxy groups -OCH3 is 1. The number of nitrogens with zero attached hydrogens (tertiary/aromatic N) is 4. The normalized spacial score (nSPS) is 15.5. The fourth-order valence-corrected chi connectivity index (χ4v) is 3.83. The van der Waals surface area contributed by atoms with Crippen molar-refractivity contribution in [2.75, 3.05) is 33.1 Å². The molecule has 0 aromatic carbocycles. The van der Waals surface area contributed by atoms with Crippen molar-refractivity contribution in [3.8, 4) is 0 Å². The lowest BCUT2D eigenvalue weighted by Crippen LogP contribution is -2.38. The van der Waals surface area contributed by atoms with Crippen LogP contribution >= 0.6 is 11.8 Å². The van der Waals surface area contributed by atoms with Crippen molar-refractivity contribution >= 4 is 17.7 Å². The lowest BCUT2D eigenvalue weighted by Gasteiger charge is -2.32. The summed E-state index contributed by atoms with van der Waals surface area (Å²) in [4.78, 5) is 23.6. The van der Waals surface area contributed by atoms with Gasteiger partial charge in [-0.05, 0) is 31.2 Å². The van der Waals surface area contributed by atoms with Gasteiger partial charge in [-0.3, -0.25) is 4.79 Å². The lowest BCUT2D eigenvalue weighted by molar-refractivity contribution is 0.0705. The number of hydrogen-bond acceptors (Lipinski definition) is 5. The lowest BCUT2D eigenvalue weighted by atomic mass is 9.95. The molecule has 1 aliphatic rings. The topological polar surface area (TPSA) is 60.2 Å². The average Bonchev–Trinajstić information content (AvgIpc) is 3.14. The first-order valence-electron chi connectivity index (χ1n) is 8.52. The third kappa shape index (κ3) is 4.04. The zero-order valence-electron chi connectivity index (χ0n) is 14.7. The van der Waals surface area contributed by atoms with E-state index in [1.807, 2.05) is 35.7 Å². The number of imidazole rings is 1. The Balaban J connectivity index is 1.64. The van der Waals surface area contributed by atoms with Crippen molar-refractivity contribution < 1.29 is 9.53 Å². The van der Waals surface area contributed by atoms with Crippen LogP contribution in [0.5, 0.6) is 0 Å². The Hall–Kier alpha value is -1.86. The van der Waals surface area contributed by atoms with Crippen LogP contribution in [0.2, 0.25) is 0 Å². The van der Waals surface area contributed by atoms with Gasteiger partial charge in [0.2, 0.25) is 0 Å². The number of rotatable bonds is 6. The molecule has 7 heteroatoms. The van der Waals surface area contributed by atoms with Crippen LogP contribution in [0.25, 0.3) is 0 Å². The number of hydrogen-bond donors (Lipinski definition) is 0. The van der Waals surface area contributed by atoms with Crippen molar-refractivity contribution in [1.82, 2.24) is 19.4 Å². The largest absolute Gasteiger partial charge is 0.383 e. The zero-order valence-corrected chi connectivity index (χ0v) is 15.5. The summed E-state index contributed by atoms with van der Waals surface area (Å²) in [5, 5.41) is 0.796. The molecule has 1 fully saturated rings. The molecular formula is C18H24N4O2S. The summed E-state index contributed by atoms with van der Waals surface area (Å²) >= 11 is 1.51. The summed E-state index contributed by atoms with van der Waals surface area (Å²) in [5.74, 6) is 1.58. The molecule has 2 aromatic heterocycles. The van der Waals surface area contributed by atoms with Crippen LogP contribution in [-0.2, 0) is 11.3 Å². The minimum absolute atomic E-state index is 0.0821. The van der Waals surface area contributed by atoms with Crippen LogP contribution in [0.1, 0.15) is 34.9 Å². The molecular weight excluding hydrogens is 336 g/mol. The number of pyridine rings is 1. The maximum atomic E-state index is 12.8. The number of likely N-dealkylation sites (tertiary alicyclic amines) is 1. The van der Waals surface area contributed by atoms with E-state index in [2.05, 4.69) is 14.5 Å². The molecule has 6 nitrogen and oxygen atoms in total. The highest BCUT2D eigenvalue weighted by atomic mass is 32.2. The molecule has 1 amide bonds. The van der Waals surface area contributed by atoms with E-state index in [0.717, 1.165) is 43.3 Å². The summed E-state index contributed by atoms with van der Waals surface area (Å²) in [6.45, 7) is 3.00. The fraction of sp³-hybridized carbons (Fsp3) is 0.500. The van der Waals surface area contributed by atoms with Crippen LogP contribution in [0, 0.1) is 0 Å². The van der Waals surface area contributed by atoms with E-state index < -0.39 is 0 Å². The van der Waals surface area contributed by atoms with Crippen molar-refractivity contribution in [2.45, 2.75) is 30.3 Å². The molecule has 1 saturated heterocycles. The molecule has 2 aromatic rings. The second kappa shape index (κ2) is 8.49. The van der Waals surface area contributed by atoms with Crippen LogP contribution in [0.3, 0.4) is 0 Å². The van der Waals surface area contributed by atoms with Crippen LogP contribution in [-0.4, -0.2) is 58.4 Å². The van der Waals surface area contributed by atoms with Crippen LogP contribution in [0.15, 0.2) is 35.7 Å². The Morgan fingerprint density at radius 3 is 2.84 bits per heavy atom. The predicted molar refractivity (Wildman–Crippen MR) is 98.0 cm³/mol. The van der Waals surface area contributed by atoms with Crippen molar-refractivity contribution in [3.63, 3.8) is 0 Å². The van der Waals surface area contributed by atoms with Crippen LogP contribution in [0.4, 0.5) is 0 Å². The minimum atomic E-state index is 0.0821. The van der Waals surface area contributed by atoms with Gasteiger partial charge in [0.1, 0.15) is 10.9 Å². The molecule has 0 atom stereocenters. The van der Waals surface area contributed by atoms with Crippen molar-refractivity contribution in [1.29, 1.82) is 0 Å². The van der Waals surface area contributed by atoms with E-state index >= 15 is 0 Å². The number of carbonyl (C=O) groups is 1. The Labute approximate surface area is 152 Å². The Bertz CT molecular complexity index is 711. The number of piperidine rings is 1. The molecule has 0 N–H and O–H groups in total. The molecule has 0 unspecified atom stereocenters. The molecule has 3 rings (SSSR count). The summed E-state index contributed by atoms with van der Waals surface area (Å²) in [7, 11) is 1.71. The van der Waals surface area contributed by atoms with E-state index in [-0.39, 0.29) is 5.91 Å². The van der Waals surface area contributed by atoms with Gasteiger partial charge in [0.15, 0.2) is 0 Å². The average molecular weight is 360 g/mol. The van der Waals surface area contributed by atoms with E-state index in [9.17, 15) is 4.79 Å². The molecule has 0 spiro atoms. The van der Waals surface area contributed by atoms with E-state index in [1.165, 1.54) is 11.8 Å². The van der Waals surface area contributed by atoms with E-state index in [1.54, 1.807) is 13.3 Å². The number of ether oxygens (including phenoxy) is 1. The molecule has 25 heavy (non-hydrogen) atoms. The first-order valence-corrected chi connectivity index (χ1v) is 9.75. The highest BCUT2D eigenvalue weighted by molar-refractivity contribution is 7.98. The van der Waals surface area contributed by atoms with Gasteiger partial charge >= 0.3 is 0 Å². The maximum absolute atomic E-state index is 12.8. The third-order valence-corrected chi connectivity index (χ3v) is 5.34. The quantitative estimate of drug-likeness (QED) is 0.741. The predicted octanol–water partition coefficient (Wildman–Crippen LogP) is 2.67. The van der Waals surface area contributed by atoms with Crippen LogP contribution < -0.4 is 0 Å². The van der Waals surface area contributed by atoms with E-state index in [4.69, 9.17) is 4.74 Å².